The minimum atomic E-state index is -0.377. The van der Waals surface area contributed by atoms with Crippen LogP contribution in [0, 0.1) is 11.8 Å². The molecule has 0 radical (unpaired) electrons. The number of rotatable bonds is 3. The third kappa shape index (κ3) is 2.49. The van der Waals surface area contributed by atoms with E-state index in [9.17, 15) is 9.59 Å². The third-order valence-electron chi connectivity index (χ3n) is 3.04. The van der Waals surface area contributed by atoms with Gasteiger partial charge in [0, 0.05) is 0 Å². The monoisotopic (exact) mass is 212 g/mol. The van der Waals surface area contributed by atoms with Crippen LogP contribution < -0.4 is 10.6 Å². The number of amides is 2. The first-order valence-corrected chi connectivity index (χ1v) is 5.58. The Labute approximate surface area is 90.8 Å². The Morgan fingerprint density at radius 3 is 2.00 bits per heavy atom. The molecular weight excluding hydrogens is 192 g/mol. The molecule has 4 nitrogen and oxygen atoms in total. The highest BCUT2D eigenvalue weighted by Crippen LogP contribution is 2.14. The van der Waals surface area contributed by atoms with Crippen LogP contribution in [0.25, 0.3) is 0 Å². The van der Waals surface area contributed by atoms with Crippen LogP contribution in [0.5, 0.6) is 0 Å². The predicted molar refractivity (Wildman–Crippen MR) is 58.2 cm³/mol. The predicted octanol–water partition coefficient (Wildman–Crippen LogP) is 0.672. The maximum absolute atomic E-state index is 11.7. The second kappa shape index (κ2) is 4.64. The van der Waals surface area contributed by atoms with E-state index in [0.29, 0.717) is 0 Å². The van der Waals surface area contributed by atoms with Crippen molar-refractivity contribution in [3.8, 4) is 0 Å². The molecule has 1 fully saturated rings. The van der Waals surface area contributed by atoms with Gasteiger partial charge in [0.2, 0.25) is 11.8 Å². The molecule has 1 aliphatic rings. The molecule has 4 heteroatoms. The smallest absolute Gasteiger partial charge is 0.243 e. The molecule has 0 saturated carbocycles. The Kier molecular flexibility index (Phi) is 3.72. The highest BCUT2D eigenvalue weighted by atomic mass is 16.2. The molecule has 1 aliphatic heterocycles. The van der Waals surface area contributed by atoms with Crippen LogP contribution in [0.4, 0.5) is 0 Å². The van der Waals surface area contributed by atoms with Crippen molar-refractivity contribution in [2.75, 3.05) is 0 Å². The van der Waals surface area contributed by atoms with Gasteiger partial charge in [0.05, 0.1) is 0 Å². The van der Waals surface area contributed by atoms with Crippen molar-refractivity contribution >= 4 is 11.8 Å². The topological polar surface area (TPSA) is 58.2 Å². The van der Waals surface area contributed by atoms with E-state index in [-0.39, 0.29) is 35.7 Å². The lowest BCUT2D eigenvalue weighted by atomic mass is 9.93. The Bertz CT molecular complexity index is 263. The first-order valence-electron chi connectivity index (χ1n) is 5.58. The second-order valence-electron chi connectivity index (χ2n) is 4.60. The lowest BCUT2D eigenvalue weighted by Gasteiger charge is -2.34. The summed E-state index contributed by atoms with van der Waals surface area (Å²) in [6, 6.07) is -0.740. The van der Waals surface area contributed by atoms with E-state index in [1.165, 1.54) is 0 Å². The van der Waals surface area contributed by atoms with Gasteiger partial charge >= 0.3 is 0 Å². The third-order valence-corrected chi connectivity index (χ3v) is 3.04. The Morgan fingerprint density at radius 1 is 1.07 bits per heavy atom. The summed E-state index contributed by atoms with van der Waals surface area (Å²) < 4.78 is 0. The van der Waals surface area contributed by atoms with Gasteiger partial charge in [-0.1, -0.05) is 34.1 Å². The summed E-state index contributed by atoms with van der Waals surface area (Å²) in [7, 11) is 0. The van der Waals surface area contributed by atoms with Crippen LogP contribution >= 0.6 is 0 Å². The number of piperazine rings is 1. The summed E-state index contributed by atoms with van der Waals surface area (Å²) in [6.45, 7) is 7.83. The molecule has 3 atom stereocenters. The van der Waals surface area contributed by atoms with Crippen LogP contribution in [0.15, 0.2) is 0 Å². The molecular formula is C11H20N2O2. The normalized spacial score (nSPS) is 28.6. The highest BCUT2D eigenvalue weighted by Gasteiger charge is 2.37. The first kappa shape index (κ1) is 12.0. The van der Waals surface area contributed by atoms with E-state index in [4.69, 9.17) is 0 Å². The highest BCUT2D eigenvalue weighted by molar-refractivity contribution is 5.97. The SMILES string of the molecule is CCC(C)[C@@H]1NC(=O)[C@H](C(C)C)NC1=O. The fourth-order valence-electron chi connectivity index (χ4n) is 1.72. The number of hydrogen-bond acceptors (Lipinski definition) is 2. The lowest BCUT2D eigenvalue weighted by Crippen LogP contribution is -2.64. The molecule has 2 N–H and O–H groups in total. The largest absolute Gasteiger partial charge is 0.342 e. The zero-order chi connectivity index (χ0) is 11.6. The van der Waals surface area contributed by atoms with Crippen LogP contribution in [0.3, 0.4) is 0 Å². The number of hydrogen-bond donors (Lipinski definition) is 2. The molecule has 15 heavy (non-hydrogen) atoms. The summed E-state index contributed by atoms with van der Waals surface area (Å²) >= 11 is 0. The molecule has 0 spiro atoms. The summed E-state index contributed by atoms with van der Waals surface area (Å²) in [5, 5.41) is 5.58. The molecule has 2 amide bonds. The number of nitrogens with one attached hydrogen (secondary N) is 2. The molecule has 1 heterocycles. The van der Waals surface area contributed by atoms with E-state index >= 15 is 0 Å². The van der Waals surface area contributed by atoms with Gasteiger partial charge in [0.25, 0.3) is 0 Å². The summed E-state index contributed by atoms with van der Waals surface area (Å²) in [4.78, 5) is 23.4. The molecule has 1 unspecified atom stereocenters. The van der Waals surface area contributed by atoms with E-state index in [0.717, 1.165) is 6.42 Å². The van der Waals surface area contributed by atoms with Crippen LogP contribution in [-0.4, -0.2) is 23.9 Å². The van der Waals surface area contributed by atoms with Gasteiger partial charge in [0.1, 0.15) is 12.1 Å². The van der Waals surface area contributed by atoms with Crippen molar-refractivity contribution in [1.82, 2.24) is 10.6 Å². The van der Waals surface area contributed by atoms with Crippen molar-refractivity contribution in [3.05, 3.63) is 0 Å². The first-order chi connectivity index (χ1) is 6.97. The van der Waals surface area contributed by atoms with E-state index in [1.807, 2.05) is 27.7 Å². The molecule has 0 aromatic carbocycles. The van der Waals surface area contributed by atoms with E-state index in [1.54, 1.807) is 0 Å². The standard InChI is InChI=1S/C11H20N2O2/c1-5-7(4)9-11(15)12-8(6(2)3)10(14)13-9/h6-9H,5H2,1-4H3,(H,12,15)(H,13,14)/t7?,8-,9-/m0/s1. The molecule has 0 aromatic rings. The quantitative estimate of drug-likeness (QED) is 0.722. The van der Waals surface area contributed by atoms with Crippen LogP contribution in [-0.2, 0) is 9.59 Å². The zero-order valence-electron chi connectivity index (χ0n) is 9.83. The average Bonchev–Trinajstić information content (AvgIpc) is 2.19. The number of carbonyl (C=O) groups excluding carboxylic acids is 2. The number of carbonyl (C=O) groups is 2. The molecule has 0 aromatic heterocycles. The van der Waals surface area contributed by atoms with Gasteiger partial charge in [-0.2, -0.15) is 0 Å². The maximum atomic E-state index is 11.7. The molecule has 0 aliphatic carbocycles. The van der Waals surface area contributed by atoms with E-state index in [2.05, 4.69) is 10.6 Å². The van der Waals surface area contributed by atoms with Crippen molar-refractivity contribution in [2.24, 2.45) is 11.8 Å². The summed E-state index contributed by atoms with van der Waals surface area (Å²) in [6.07, 6.45) is 0.880. The van der Waals surface area contributed by atoms with Crippen LogP contribution in [0.2, 0.25) is 0 Å². The minimum Gasteiger partial charge on any atom is -0.342 e. The molecule has 1 saturated heterocycles. The Morgan fingerprint density at radius 2 is 1.53 bits per heavy atom. The second-order valence-corrected chi connectivity index (χ2v) is 4.60. The summed E-state index contributed by atoms with van der Waals surface area (Å²) in [5.41, 5.74) is 0. The van der Waals surface area contributed by atoms with Crippen molar-refractivity contribution in [2.45, 2.75) is 46.2 Å². The van der Waals surface area contributed by atoms with E-state index < -0.39 is 0 Å². The fraction of sp³-hybridized carbons (Fsp3) is 0.818. The lowest BCUT2D eigenvalue weighted by molar-refractivity contribution is -0.139. The van der Waals surface area contributed by atoms with Crippen LogP contribution in [0.1, 0.15) is 34.1 Å². The van der Waals surface area contributed by atoms with Crippen molar-refractivity contribution in [1.29, 1.82) is 0 Å². The average molecular weight is 212 g/mol. The van der Waals surface area contributed by atoms with Gasteiger partial charge in [-0.3, -0.25) is 9.59 Å². The van der Waals surface area contributed by atoms with Gasteiger partial charge in [-0.15, -0.1) is 0 Å². The Balaban J connectivity index is 2.71. The van der Waals surface area contributed by atoms with Gasteiger partial charge in [0.15, 0.2) is 0 Å². The zero-order valence-corrected chi connectivity index (χ0v) is 9.83. The molecule has 0 bridgehead atoms. The van der Waals surface area contributed by atoms with Gasteiger partial charge in [-0.05, 0) is 11.8 Å². The van der Waals surface area contributed by atoms with Gasteiger partial charge in [-0.25, -0.2) is 0 Å². The maximum Gasteiger partial charge on any atom is 0.243 e. The molecule has 1 rings (SSSR count). The summed E-state index contributed by atoms with van der Waals surface area (Å²) in [5.74, 6) is 0.200. The minimum absolute atomic E-state index is 0.0531. The fourth-order valence-corrected chi connectivity index (χ4v) is 1.72. The van der Waals surface area contributed by atoms with Gasteiger partial charge < -0.3 is 10.6 Å². The molecule has 86 valence electrons. The van der Waals surface area contributed by atoms with Crippen molar-refractivity contribution < 1.29 is 9.59 Å². The van der Waals surface area contributed by atoms with Crippen molar-refractivity contribution in [3.63, 3.8) is 0 Å². The Hall–Kier alpha value is -1.06.